The standard InChI is InChI=1S/C14H18FIN2O/c1-9(17)11-3-2-6-18(8-11)14(19)10-4-5-13(16)12(15)7-10/h4-5,7,9,11H,2-3,6,8,17H2,1H3. The van der Waals surface area contributed by atoms with Crippen molar-refractivity contribution in [3.05, 3.63) is 33.1 Å². The average Bonchev–Trinajstić information content (AvgIpc) is 2.41. The van der Waals surface area contributed by atoms with E-state index in [-0.39, 0.29) is 17.8 Å². The topological polar surface area (TPSA) is 46.3 Å². The Labute approximate surface area is 126 Å². The van der Waals surface area contributed by atoms with Gasteiger partial charge in [0.05, 0.1) is 0 Å². The second-order valence-corrected chi connectivity index (χ2v) is 6.30. The summed E-state index contributed by atoms with van der Waals surface area (Å²) in [6, 6.07) is 4.72. The smallest absolute Gasteiger partial charge is 0.253 e. The number of nitrogens with zero attached hydrogens (tertiary/aromatic N) is 1. The van der Waals surface area contributed by atoms with E-state index in [1.165, 1.54) is 6.07 Å². The van der Waals surface area contributed by atoms with Crippen LogP contribution in [0.5, 0.6) is 0 Å². The average molecular weight is 376 g/mol. The van der Waals surface area contributed by atoms with Crippen LogP contribution in [0.15, 0.2) is 18.2 Å². The molecule has 0 spiro atoms. The van der Waals surface area contributed by atoms with Crippen LogP contribution in [0.2, 0.25) is 0 Å². The predicted octanol–water partition coefficient (Wildman–Crippen LogP) is 2.63. The Morgan fingerprint density at radius 3 is 2.95 bits per heavy atom. The molecule has 1 heterocycles. The minimum Gasteiger partial charge on any atom is -0.338 e. The monoisotopic (exact) mass is 376 g/mol. The number of rotatable bonds is 2. The summed E-state index contributed by atoms with van der Waals surface area (Å²) < 4.78 is 14.0. The molecule has 1 aromatic carbocycles. The molecule has 0 aromatic heterocycles. The lowest BCUT2D eigenvalue weighted by molar-refractivity contribution is 0.0660. The minimum atomic E-state index is -0.341. The Morgan fingerprint density at radius 2 is 2.32 bits per heavy atom. The largest absolute Gasteiger partial charge is 0.338 e. The molecule has 0 radical (unpaired) electrons. The lowest BCUT2D eigenvalue weighted by atomic mass is 9.92. The Morgan fingerprint density at radius 1 is 1.58 bits per heavy atom. The predicted molar refractivity (Wildman–Crippen MR) is 81.4 cm³/mol. The summed E-state index contributed by atoms with van der Waals surface area (Å²) in [6.45, 7) is 3.38. The van der Waals surface area contributed by atoms with Gasteiger partial charge in [-0.1, -0.05) is 0 Å². The molecule has 2 N–H and O–H groups in total. The lowest BCUT2D eigenvalue weighted by Gasteiger charge is -2.34. The molecule has 1 aliphatic heterocycles. The first kappa shape index (κ1) is 14.7. The van der Waals surface area contributed by atoms with Crippen LogP contribution < -0.4 is 5.73 Å². The first-order valence-corrected chi connectivity index (χ1v) is 7.57. The van der Waals surface area contributed by atoms with Gasteiger partial charge in [0.1, 0.15) is 5.82 Å². The van der Waals surface area contributed by atoms with Crippen LogP contribution >= 0.6 is 22.6 Å². The van der Waals surface area contributed by atoms with Gasteiger partial charge in [-0.15, -0.1) is 0 Å². The molecule has 1 aliphatic rings. The number of likely N-dealkylation sites (tertiary alicyclic amines) is 1. The maximum atomic E-state index is 13.5. The van der Waals surface area contributed by atoms with Gasteiger partial charge in [-0.2, -0.15) is 0 Å². The molecule has 1 saturated heterocycles. The van der Waals surface area contributed by atoms with Crippen molar-refractivity contribution in [3.63, 3.8) is 0 Å². The van der Waals surface area contributed by atoms with E-state index < -0.39 is 0 Å². The van der Waals surface area contributed by atoms with Crippen molar-refractivity contribution in [3.8, 4) is 0 Å². The maximum absolute atomic E-state index is 13.5. The molecule has 19 heavy (non-hydrogen) atoms. The molecule has 104 valence electrons. The number of hydrogen-bond acceptors (Lipinski definition) is 2. The molecule has 2 rings (SSSR count). The van der Waals surface area contributed by atoms with Crippen molar-refractivity contribution in [2.75, 3.05) is 13.1 Å². The highest BCUT2D eigenvalue weighted by Gasteiger charge is 2.26. The molecule has 5 heteroatoms. The first-order valence-electron chi connectivity index (χ1n) is 6.49. The van der Waals surface area contributed by atoms with Gasteiger partial charge in [0.2, 0.25) is 0 Å². The normalized spacial score (nSPS) is 21.3. The van der Waals surface area contributed by atoms with Gasteiger partial charge in [-0.05, 0) is 66.5 Å². The van der Waals surface area contributed by atoms with Crippen molar-refractivity contribution < 1.29 is 9.18 Å². The Bertz CT molecular complexity index is 479. The molecule has 1 amide bonds. The number of carbonyl (C=O) groups excluding carboxylic acids is 1. The van der Waals surface area contributed by atoms with Gasteiger partial charge < -0.3 is 10.6 Å². The molecule has 1 fully saturated rings. The Hall–Kier alpha value is -0.690. The van der Waals surface area contributed by atoms with E-state index in [0.717, 1.165) is 19.4 Å². The van der Waals surface area contributed by atoms with Crippen LogP contribution in [0.1, 0.15) is 30.1 Å². The van der Waals surface area contributed by atoms with Crippen molar-refractivity contribution in [2.24, 2.45) is 11.7 Å². The zero-order valence-corrected chi connectivity index (χ0v) is 13.1. The number of piperidine rings is 1. The van der Waals surface area contributed by atoms with E-state index in [4.69, 9.17) is 5.73 Å². The number of hydrogen-bond donors (Lipinski definition) is 1. The quantitative estimate of drug-likeness (QED) is 0.807. The molecule has 0 aliphatic carbocycles. The van der Waals surface area contributed by atoms with Crippen LogP contribution in [0.25, 0.3) is 0 Å². The van der Waals surface area contributed by atoms with Gasteiger partial charge in [-0.25, -0.2) is 4.39 Å². The van der Waals surface area contributed by atoms with Gasteiger partial charge in [0.25, 0.3) is 5.91 Å². The number of nitrogens with two attached hydrogens (primary N) is 1. The fraction of sp³-hybridized carbons (Fsp3) is 0.500. The summed E-state index contributed by atoms with van der Waals surface area (Å²) in [6.07, 6.45) is 2.02. The summed E-state index contributed by atoms with van der Waals surface area (Å²) in [5.41, 5.74) is 6.33. The van der Waals surface area contributed by atoms with Crippen LogP contribution in [0, 0.1) is 15.3 Å². The van der Waals surface area contributed by atoms with E-state index in [0.29, 0.717) is 21.6 Å². The van der Waals surface area contributed by atoms with Crippen LogP contribution in [-0.2, 0) is 0 Å². The van der Waals surface area contributed by atoms with Crippen LogP contribution in [0.3, 0.4) is 0 Å². The SMILES string of the molecule is CC(N)C1CCCN(C(=O)c2ccc(I)c(F)c2)C1. The molecule has 2 unspecified atom stereocenters. The molecule has 3 nitrogen and oxygen atoms in total. The fourth-order valence-electron chi connectivity index (χ4n) is 2.44. The Kier molecular flexibility index (Phi) is 4.78. The second-order valence-electron chi connectivity index (χ2n) is 5.14. The molecule has 1 aromatic rings. The van der Waals surface area contributed by atoms with E-state index in [1.54, 1.807) is 17.0 Å². The second kappa shape index (κ2) is 6.17. The highest BCUT2D eigenvalue weighted by Crippen LogP contribution is 2.21. The summed E-state index contributed by atoms with van der Waals surface area (Å²) in [5.74, 6) is -0.0979. The highest BCUT2D eigenvalue weighted by molar-refractivity contribution is 14.1. The van der Waals surface area contributed by atoms with Crippen LogP contribution in [-0.4, -0.2) is 29.9 Å². The van der Waals surface area contributed by atoms with E-state index >= 15 is 0 Å². The van der Waals surface area contributed by atoms with Gasteiger partial charge in [-0.3, -0.25) is 4.79 Å². The highest BCUT2D eigenvalue weighted by atomic mass is 127. The number of carbonyl (C=O) groups is 1. The Balaban J connectivity index is 2.12. The first-order chi connectivity index (χ1) is 8.99. The fourth-order valence-corrected chi connectivity index (χ4v) is 2.77. The molecule has 0 bridgehead atoms. The molecular weight excluding hydrogens is 358 g/mol. The molecule has 2 atom stereocenters. The van der Waals surface area contributed by atoms with E-state index in [2.05, 4.69) is 0 Å². The van der Waals surface area contributed by atoms with Gasteiger partial charge in [0, 0.05) is 28.3 Å². The van der Waals surface area contributed by atoms with Crippen molar-refractivity contribution in [1.29, 1.82) is 0 Å². The lowest BCUT2D eigenvalue weighted by Crippen LogP contribution is -2.45. The van der Waals surface area contributed by atoms with Crippen molar-refractivity contribution in [2.45, 2.75) is 25.8 Å². The zero-order chi connectivity index (χ0) is 14.0. The summed E-state index contributed by atoms with van der Waals surface area (Å²) >= 11 is 1.91. The van der Waals surface area contributed by atoms with E-state index in [1.807, 2.05) is 29.5 Å². The molecular formula is C14H18FIN2O. The number of benzene rings is 1. The maximum Gasteiger partial charge on any atom is 0.253 e. The van der Waals surface area contributed by atoms with Crippen molar-refractivity contribution in [1.82, 2.24) is 4.90 Å². The van der Waals surface area contributed by atoms with Crippen molar-refractivity contribution >= 4 is 28.5 Å². The summed E-state index contributed by atoms with van der Waals surface area (Å²) in [7, 11) is 0. The van der Waals surface area contributed by atoms with Gasteiger partial charge in [0.15, 0.2) is 0 Å². The van der Waals surface area contributed by atoms with E-state index in [9.17, 15) is 9.18 Å². The number of halogens is 2. The summed E-state index contributed by atoms with van der Waals surface area (Å²) in [4.78, 5) is 14.1. The zero-order valence-electron chi connectivity index (χ0n) is 10.9. The number of amides is 1. The summed E-state index contributed by atoms with van der Waals surface area (Å²) in [5, 5.41) is 0. The molecule has 0 saturated carbocycles. The third-order valence-corrected chi connectivity index (χ3v) is 4.53. The minimum absolute atomic E-state index is 0.0871. The van der Waals surface area contributed by atoms with Crippen LogP contribution in [0.4, 0.5) is 4.39 Å². The third-order valence-electron chi connectivity index (χ3n) is 3.66. The van der Waals surface area contributed by atoms with Gasteiger partial charge >= 0.3 is 0 Å². The third kappa shape index (κ3) is 3.45.